The van der Waals surface area contributed by atoms with Crippen LogP contribution in [0.15, 0.2) is 18.2 Å². The van der Waals surface area contributed by atoms with Gasteiger partial charge in [0, 0.05) is 0 Å². The highest BCUT2D eigenvalue weighted by Crippen LogP contribution is 2.51. The first-order valence-corrected chi connectivity index (χ1v) is 6.41. The second kappa shape index (κ2) is 3.51. The third-order valence-corrected chi connectivity index (χ3v) is 4.79. The zero-order chi connectivity index (χ0) is 11.2. The molecule has 0 aromatic heterocycles. The molecule has 1 fully saturated rings. The zero-order valence-electron chi connectivity index (χ0n) is 10.3. The molecule has 1 heteroatoms. The van der Waals surface area contributed by atoms with Crippen molar-refractivity contribution in [3.63, 3.8) is 0 Å². The minimum atomic E-state index is 0.458. The highest BCUT2D eigenvalue weighted by atomic mass is 16.5. The van der Waals surface area contributed by atoms with Gasteiger partial charge in [0.25, 0.3) is 0 Å². The van der Waals surface area contributed by atoms with E-state index in [9.17, 15) is 0 Å². The summed E-state index contributed by atoms with van der Waals surface area (Å²) in [7, 11) is 1.76. The average Bonchev–Trinajstić information content (AvgIpc) is 2.61. The molecule has 0 radical (unpaired) electrons. The molecule has 0 saturated heterocycles. The topological polar surface area (TPSA) is 9.23 Å². The number of fused-ring (bicyclic) bond motifs is 3. The lowest BCUT2D eigenvalue weighted by molar-refractivity contribution is 0.225. The Bertz CT molecular complexity index is 410. The summed E-state index contributed by atoms with van der Waals surface area (Å²) in [5, 5.41) is 0. The Labute approximate surface area is 97.8 Å². The molecule has 0 bridgehead atoms. The van der Waals surface area contributed by atoms with E-state index >= 15 is 0 Å². The third kappa shape index (κ3) is 1.30. The summed E-state index contributed by atoms with van der Waals surface area (Å²) in [6.45, 7) is 2.47. The van der Waals surface area contributed by atoms with Crippen molar-refractivity contribution in [1.82, 2.24) is 0 Å². The molecular formula is C15H20O. The van der Waals surface area contributed by atoms with Gasteiger partial charge in [-0.05, 0) is 53.9 Å². The molecule has 0 amide bonds. The molecule has 1 nitrogen and oxygen atoms in total. The number of hydrogen-bond acceptors (Lipinski definition) is 1. The van der Waals surface area contributed by atoms with Crippen molar-refractivity contribution in [3.8, 4) is 5.75 Å². The average molecular weight is 216 g/mol. The second-order valence-corrected chi connectivity index (χ2v) is 5.59. The second-order valence-electron chi connectivity index (χ2n) is 5.59. The lowest BCUT2D eigenvalue weighted by Crippen LogP contribution is -2.31. The van der Waals surface area contributed by atoms with Crippen molar-refractivity contribution >= 4 is 0 Å². The van der Waals surface area contributed by atoms with Crippen molar-refractivity contribution in [2.45, 2.75) is 44.4 Å². The summed E-state index contributed by atoms with van der Waals surface area (Å²) in [5.74, 6) is 1.89. The molecule has 16 heavy (non-hydrogen) atoms. The molecule has 1 aromatic rings. The van der Waals surface area contributed by atoms with Gasteiger partial charge in [0.2, 0.25) is 0 Å². The SMILES string of the molecule is COc1ccc2c(c1)C[C@H]1CCCC[C@@]21C. The van der Waals surface area contributed by atoms with Gasteiger partial charge >= 0.3 is 0 Å². The quantitative estimate of drug-likeness (QED) is 0.695. The Hall–Kier alpha value is -0.980. The van der Waals surface area contributed by atoms with Crippen LogP contribution in [0.5, 0.6) is 5.75 Å². The maximum atomic E-state index is 5.33. The summed E-state index contributed by atoms with van der Waals surface area (Å²) in [6, 6.07) is 6.68. The van der Waals surface area contributed by atoms with Gasteiger partial charge in [-0.3, -0.25) is 0 Å². The minimum absolute atomic E-state index is 0.458. The van der Waals surface area contributed by atoms with Crippen LogP contribution in [-0.4, -0.2) is 7.11 Å². The van der Waals surface area contributed by atoms with Gasteiger partial charge in [0.05, 0.1) is 7.11 Å². The van der Waals surface area contributed by atoms with Crippen LogP contribution in [-0.2, 0) is 11.8 Å². The monoisotopic (exact) mass is 216 g/mol. The summed E-state index contributed by atoms with van der Waals surface area (Å²) in [5.41, 5.74) is 3.59. The van der Waals surface area contributed by atoms with Gasteiger partial charge in [-0.1, -0.05) is 25.8 Å². The Balaban J connectivity index is 2.05. The summed E-state index contributed by atoms with van der Waals surface area (Å²) < 4.78 is 5.33. The Morgan fingerprint density at radius 2 is 2.19 bits per heavy atom. The van der Waals surface area contributed by atoms with Gasteiger partial charge in [-0.15, -0.1) is 0 Å². The fraction of sp³-hybridized carbons (Fsp3) is 0.600. The largest absolute Gasteiger partial charge is 0.497 e. The van der Waals surface area contributed by atoms with Gasteiger partial charge in [0.1, 0.15) is 5.75 Å². The van der Waals surface area contributed by atoms with Crippen molar-refractivity contribution < 1.29 is 4.74 Å². The predicted octanol–water partition coefficient (Wildman–Crippen LogP) is 3.70. The third-order valence-electron chi connectivity index (χ3n) is 4.79. The molecule has 86 valence electrons. The molecule has 2 aliphatic carbocycles. The van der Waals surface area contributed by atoms with Crippen LogP contribution >= 0.6 is 0 Å². The first-order chi connectivity index (χ1) is 7.74. The van der Waals surface area contributed by atoms with Crippen molar-refractivity contribution in [3.05, 3.63) is 29.3 Å². The van der Waals surface area contributed by atoms with E-state index in [-0.39, 0.29) is 0 Å². The first kappa shape index (κ1) is 10.2. The molecule has 0 spiro atoms. The molecule has 1 saturated carbocycles. The van der Waals surface area contributed by atoms with E-state index in [2.05, 4.69) is 25.1 Å². The van der Waals surface area contributed by atoms with Gasteiger partial charge in [-0.2, -0.15) is 0 Å². The molecule has 3 rings (SSSR count). The van der Waals surface area contributed by atoms with E-state index in [0.29, 0.717) is 5.41 Å². The van der Waals surface area contributed by atoms with Gasteiger partial charge in [0.15, 0.2) is 0 Å². The molecular weight excluding hydrogens is 196 g/mol. The lowest BCUT2D eigenvalue weighted by Gasteiger charge is -2.37. The Morgan fingerprint density at radius 1 is 1.31 bits per heavy atom. The van der Waals surface area contributed by atoms with E-state index < -0.39 is 0 Å². The van der Waals surface area contributed by atoms with Gasteiger partial charge < -0.3 is 4.74 Å². The summed E-state index contributed by atoms with van der Waals surface area (Å²) in [4.78, 5) is 0. The van der Waals surface area contributed by atoms with Crippen molar-refractivity contribution in [2.75, 3.05) is 7.11 Å². The van der Waals surface area contributed by atoms with Crippen LogP contribution in [0.25, 0.3) is 0 Å². The summed E-state index contributed by atoms with van der Waals surface area (Å²) in [6.07, 6.45) is 6.87. The predicted molar refractivity (Wildman–Crippen MR) is 66.0 cm³/mol. The summed E-state index contributed by atoms with van der Waals surface area (Å²) >= 11 is 0. The molecule has 2 atom stereocenters. The number of hydrogen-bond donors (Lipinski definition) is 0. The molecule has 0 heterocycles. The first-order valence-electron chi connectivity index (χ1n) is 6.41. The lowest BCUT2D eigenvalue weighted by atomic mass is 9.67. The van der Waals surface area contributed by atoms with Crippen molar-refractivity contribution in [2.24, 2.45) is 5.92 Å². The highest BCUT2D eigenvalue weighted by Gasteiger charge is 2.43. The number of methoxy groups -OCH3 is 1. The fourth-order valence-electron chi connectivity index (χ4n) is 3.78. The standard InChI is InChI=1S/C15H20O/c1-15-8-4-3-5-12(15)9-11-10-13(16-2)6-7-14(11)15/h6-7,10,12H,3-5,8-9H2,1-2H3/t12-,15-/m1/s1. The molecule has 2 aliphatic rings. The molecule has 1 aromatic carbocycles. The highest BCUT2D eigenvalue weighted by molar-refractivity contribution is 5.45. The maximum absolute atomic E-state index is 5.33. The van der Waals surface area contributed by atoms with Gasteiger partial charge in [-0.25, -0.2) is 0 Å². The molecule has 0 aliphatic heterocycles. The number of rotatable bonds is 1. The zero-order valence-corrected chi connectivity index (χ0v) is 10.3. The van der Waals surface area contributed by atoms with Crippen LogP contribution in [0.2, 0.25) is 0 Å². The maximum Gasteiger partial charge on any atom is 0.119 e. The Morgan fingerprint density at radius 3 is 3.00 bits per heavy atom. The number of benzene rings is 1. The van der Waals surface area contributed by atoms with Crippen LogP contribution in [0.4, 0.5) is 0 Å². The van der Waals surface area contributed by atoms with E-state index in [1.165, 1.54) is 37.7 Å². The number of ether oxygens (including phenoxy) is 1. The van der Waals surface area contributed by atoms with Crippen LogP contribution in [0.3, 0.4) is 0 Å². The van der Waals surface area contributed by atoms with Crippen molar-refractivity contribution in [1.29, 1.82) is 0 Å². The van der Waals surface area contributed by atoms with E-state index in [0.717, 1.165) is 11.7 Å². The van der Waals surface area contributed by atoms with Crippen LogP contribution in [0.1, 0.15) is 43.7 Å². The fourth-order valence-corrected chi connectivity index (χ4v) is 3.78. The normalized spacial score (nSPS) is 32.0. The molecule has 0 unspecified atom stereocenters. The van der Waals surface area contributed by atoms with Crippen LogP contribution < -0.4 is 4.74 Å². The van der Waals surface area contributed by atoms with E-state index in [4.69, 9.17) is 4.74 Å². The van der Waals surface area contributed by atoms with Crippen LogP contribution in [0, 0.1) is 5.92 Å². The Kier molecular flexibility index (Phi) is 2.24. The van der Waals surface area contributed by atoms with E-state index in [1.54, 1.807) is 12.7 Å². The van der Waals surface area contributed by atoms with E-state index in [1.807, 2.05) is 0 Å². The smallest absolute Gasteiger partial charge is 0.119 e. The molecule has 0 N–H and O–H groups in total. The minimum Gasteiger partial charge on any atom is -0.497 e.